The Kier molecular flexibility index (Phi) is 4.36. The average Bonchev–Trinajstić information content (AvgIpc) is 3.06. The average molecular weight is 363 g/mol. The lowest BCUT2D eigenvalue weighted by atomic mass is 10.2. The third-order valence-electron chi connectivity index (χ3n) is 3.86. The van der Waals surface area contributed by atoms with Gasteiger partial charge in [0.05, 0.1) is 20.9 Å². The van der Waals surface area contributed by atoms with Crippen molar-refractivity contribution in [2.45, 2.75) is 33.7 Å². The van der Waals surface area contributed by atoms with Gasteiger partial charge in [0.1, 0.15) is 5.69 Å². The van der Waals surface area contributed by atoms with E-state index in [2.05, 4.69) is 10.1 Å². The summed E-state index contributed by atoms with van der Waals surface area (Å²) in [6.45, 7) is 7.88. The number of rotatable bonds is 2. The van der Waals surface area contributed by atoms with Crippen molar-refractivity contribution in [2.24, 2.45) is 12.0 Å². The van der Waals surface area contributed by atoms with E-state index in [1.54, 1.807) is 10.7 Å². The molecule has 2 heterocycles. The molecule has 0 aliphatic carbocycles. The van der Waals surface area contributed by atoms with Crippen molar-refractivity contribution in [3.8, 4) is 0 Å². The highest BCUT2D eigenvalue weighted by atomic mass is 35.5. The van der Waals surface area contributed by atoms with Gasteiger partial charge in [-0.3, -0.25) is 9.48 Å². The smallest absolute Gasteiger partial charge is 0.297 e. The summed E-state index contributed by atoms with van der Waals surface area (Å²) in [6.07, 6.45) is 0. The van der Waals surface area contributed by atoms with Gasteiger partial charge in [0, 0.05) is 13.1 Å². The number of carbonyl (C=O) groups excluding carboxylic acids is 1. The van der Waals surface area contributed by atoms with Crippen LogP contribution >= 0.6 is 22.9 Å². The molecular weight excluding hydrogens is 344 g/mol. The molecule has 3 aromatic rings. The number of halogens is 1. The summed E-state index contributed by atoms with van der Waals surface area (Å²) in [4.78, 5) is 17.6. The zero-order valence-corrected chi connectivity index (χ0v) is 15.9. The van der Waals surface area contributed by atoms with Crippen molar-refractivity contribution in [1.82, 2.24) is 14.3 Å². The summed E-state index contributed by atoms with van der Waals surface area (Å²) < 4.78 is 4.58. The maximum absolute atomic E-state index is 12.7. The second kappa shape index (κ2) is 6.18. The normalized spacial score (nSPS) is 12.5. The van der Waals surface area contributed by atoms with Crippen molar-refractivity contribution < 1.29 is 4.79 Å². The Morgan fingerprint density at radius 2 is 2.04 bits per heavy atom. The van der Waals surface area contributed by atoms with Gasteiger partial charge in [0.25, 0.3) is 5.91 Å². The van der Waals surface area contributed by atoms with E-state index in [4.69, 9.17) is 11.6 Å². The van der Waals surface area contributed by atoms with Crippen LogP contribution in [0.15, 0.2) is 23.2 Å². The number of thiazole rings is 1. The Morgan fingerprint density at radius 1 is 1.33 bits per heavy atom. The minimum absolute atomic E-state index is 0.0979. The van der Waals surface area contributed by atoms with Crippen LogP contribution in [0.1, 0.15) is 41.6 Å². The van der Waals surface area contributed by atoms with Gasteiger partial charge in [-0.05, 0) is 45.4 Å². The van der Waals surface area contributed by atoms with Crippen LogP contribution in [0.2, 0.25) is 5.02 Å². The number of hydrogen-bond donors (Lipinski definition) is 0. The number of carbonyl (C=O) groups is 1. The first-order valence-electron chi connectivity index (χ1n) is 7.69. The monoisotopic (exact) mass is 362 g/mol. The second-order valence-corrected chi connectivity index (χ2v) is 7.50. The summed E-state index contributed by atoms with van der Waals surface area (Å²) in [6, 6.07) is 5.72. The predicted octanol–water partition coefficient (Wildman–Crippen LogP) is 4.03. The first-order valence-corrected chi connectivity index (χ1v) is 8.89. The number of hydrogen-bond acceptors (Lipinski definition) is 3. The van der Waals surface area contributed by atoms with Crippen LogP contribution in [0.3, 0.4) is 0 Å². The van der Waals surface area contributed by atoms with Crippen molar-refractivity contribution in [3.63, 3.8) is 0 Å². The van der Waals surface area contributed by atoms with Crippen LogP contribution in [0, 0.1) is 13.8 Å². The van der Waals surface area contributed by atoms with Crippen LogP contribution in [-0.4, -0.2) is 20.3 Å². The third-order valence-corrected chi connectivity index (χ3v) is 5.46. The highest BCUT2D eigenvalue weighted by molar-refractivity contribution is 7.17. The van der Waals surface area contributed by atoms with Crippen LogP contribution in [-0.2, 0) is 7.05 Å². The molecule has 0 unspecified atom stereocenters. The molecule has 0 saturated carbocycles. The molecule has 0 saturated heterocycles. The molecule has 0 bridgehead atoms. The molecule has 5 nitrogen and oxygen atoms in total. The van der Waals surface area contributed by atoms with E-state index in [-0.39, 0.29) is 11.9 Å². The van der Waals surface area contributed by atoms with Crippen LogP contribution in [0.25, 0.3) is 10.2 Å². The van der Waals surface area contributed by atoms with Crippen molar-refractivity contribution >= 4 is 39.1 Å². The lowest BCUT2D eigenvalue weighted by Gasteiger charge is -2.07. The molecular formula is C17H19ClN4OS. The number of aryl methyl sites for hydroxylation is 3. The summed E-state index contributed by atoms with van der Waals surface area (Å²) in [5, 5.41) is 5.05. The van der Waals surface area contributed by atoms with Crippen LogP contribution in [0.4, 0.5) is 0 Å². The van der Waals surface area contributed by atoms with E-state index < -0.39 is 0 Å². The van der Waals surface area contributed by atoms with Gasteiger partial charge in [0.15, 0.2) is 4.80 Å². The Bertz CT molecular complexity index is 1010. The molecule has 0 fully saturated rings. The number of aromatic nitrogens is 3. The third kappa shape index (κ3) is 2.80. The molecule has 0 atom stereocenters. The van der Waals surface area contributed by atoms with Gasteiger partial charge >= 0.3 is 0 Å². The summed E-state index contributed by atoms with van der Waals surface area (Å²) in [5.74, 6) is -0.291. The first-order chi connectivity index (χ1) is 11.3. The number of benzene rings is 1. The van der Waals surface area contributed by atoms with E-state index in [1.165, 1.54) is 11.3 Å². The van der Waals surface area contributed by atoms with Gasteiger partial charge in [-0.25, -0.2) is 0 Å². The van der Waals surface area contributed by atoms with E-state index in [1.807, 2.05) is 51.4 Å². The minimum Gasteiger partial charge on any atom is -0.319 e. The van der Waals surface area contributed by atoms with Gasteiger partial charge in [-0.1, -0.05) is 29.0 Å². The Balaban J connectivity index is 2.18. The molecule has 1 amide bonds. The summed E-state index contributed by atoms with van der Waals surface area (Å²) in [5.41, 5.74) is 3.42. The number of amides is 1. The topological polar surface area (TPSA) is 52.2 Å². The lowest BCUT2D eigenvalue weighted by Crippen LogP contribution is -2.17. The van der Waals surface area contributed by atoms with E-state index >= 15 is 0 Å². The quantitative estimate of drug-likeness (QED) is 0.691. The molecule has 2 aromatic heterocycles. The predicted molar refractivity (Wildman–Crippen MR) is 97.8 cm³/mol. The highest BCUT2D eigenvalue weighted by Crippen LogP contribution is 2.28. The Morgan fingerprint density at radius 3 is 2.67 bits per heavy atom. The first kappa shape index (κ1) is 16.9. The molecule has 1 aromatic carbocycles. The van der Waals surface area contributed by atoms with Crippen LogP contribution in [0.5, 0.6) is 0 Å². The Labute approximate surface area is 149 Å². The Hall–Kier alpha value is -1.92. The summed E-state index contributed by atoms with van der Waals surface area (Å²) in [7, 11) is 1.90. The van der Waals surface area contributed by atoms with E-state index in [9.17, 15) is 4.79 Å². The van der Waals surface area contributed by atoms with Gasteiger partial charge < -0.3 is 4.57 Å². The SMILES string of the molecule is Cc1cc(C(=O)N=c2sc3c(Cl)ccc(C)c3n2C)n(C(C)C)n1. The van der Waals surface area contributed by atoms with Crippen molar-refractivity contribution in [1.29, 1.82) is 0 Å². The molecule has 0 aliphatic heterocycles. The second-order valence-electron chi connectivity index (χ2n) is 6.11. The largest absolute Gasteiger partial charge is 0.319 e. The molecule has 0 N–H and O–H groups in total. The molecule has 0 aliphatic rings. The fourth-order valence-corrected chi connectivity index (χ4v) is 4.09. The summed E-state index contributed by atoms with van der Waals surface area (Å²) >= 11 is 7.72. The van der Waals surface area contributed by atoms with Gasteiger partial charge in [-0.2, -0.15) is 10.1 Å². The molecule has 7 heteroatoms. The molecule has 24 heavy (non-hydrogen) atoms. The molecule has 0 spiro atoms. The molecule has 0 radical (unpaired) electrons. The molecule has 3 rings (SSSR count). The fraction of sp³-hybridized carbons (Fsp3) is 0.353. The van der Waals surface area contributed by atoms with Crippen molar-refractivity contribution in [3.05, 3.63) is 45.0 Å². The fourth-order valence-electron chi connectivity index (χ4n) is 2.73. The maximum Gasteiger partial charge on any atom is 0.297 e. The van der Waals surface area contributed by atoms with E-state index in [0.29, 0.717) is 15.5 Å². The van der Waals surface area contributed by atoms with Crippen molar-refractivity contribution in [2.75, 3.05) is 0 Å². The van der Waals surface area contributed by atoms with Gasteiger partial charge in [0.2, 0.25) is 0 Å². The lowest BCUT2D eigenvalue weighted by molar-refractivity contribution is 0.0986. The minimum atomic E-state index is -0.291. The maximum atomic E-state index is 12.7. The number of nitrogens with zero attached hydrogens (tertiary/aromatic N) is 4. The number of fused-ring (bicyclic) bond motifs is 1. The highest BCUT2D eigenvalue weighted by Gasteiger charge is 2.16. The van der Waals surface area contributed by atoms with E-state index in [0.717, 1.165) is 21.5 Å². The van der Waals surface area contributed by atoms with Crippen LogP contribution < -0.4 is 4.80 Å². The zero-order valence-electron chi connectivity index (χ0n) is 14.3. The molecule has 126 valence electrons. The zero-order chi connectivity index (χ0) is 17.6. The van der Waals surface area contributed by atoms with Gasteiger partial charge in [-0.15, -0.1) is 0 Å². The standard InChI is InChI=1S/C17H19ClN4OS/c1-9(2)22-13(8-11(4)20-22)16(23)19-17-21(5)14-10(3)6-7-12(18)15(14)24-17/h6-9H,1-5H3.